The number of carbonyl (C=O) groups excluding carboxylic acids is 1. The average Bonchev–Trinajstić information content (AvgIpc) is 2.91. The number of carbonyl (C=O) groups is 1. The molecular formula is C13H15NO3S. The Morgan fingerprint density at radius 1 is 1.28 bits per heavy atom. The normalized spacial score (nSPS) is 21.7. The summed E-state index contributed by atoms with van der Waals surface area (Å²) >= 11 is 1.88. The number of nitrogens with one attached hydrogen (secondary N) is 1. The fourth-order valence-corrected chi connectivity index (χ4v) is 3.25. The highest BCUT2D eigenvalue weighted by atomic mass is 32.2. The largest absolute Gasteiger partial charge is 0.486 e. The van der Waals surface area contributed by atoms with Crippen molar-refractivity contribution in [3.63, 3.8) is 0 Å². The third kappa shape index (κ3) is 2.41. The molecule has 1 atom stereocenters. The van der Waals surface area contributed by atoms with Crippen molar-refractivity contribution in [2.45, 2.75) is 12.5 Å². The van der Waals surface area contributed by atoms with Gasteiger partial charge in [-0.3, -0.25) is 4.79 Å². The molecule has 4 nitrogen and oxygen atoms in total. The van der Waals surface area contributed by atoms with Crippen LogP contribution in [-0.2, 0) is 0 Å². The Morgan fingerprint density at radius 3 is 2.89 bits per heavy atom. The number of hydrogen-bond donors (Lipinski definition) is 1. The molecule has 5 heteroatoms. The molecule has 1 N–H and O–H groups in total. The first-order valence-corrected chi connectivity index (χ1v) is 7.26. The van der Waals surface area contributed by atoms with Crippen molar-refractivity contribution in [3.8, 4) is 11.5 Å². The van der Waals surface area contributed by atoms with Crippen molar-refractivity contribution in [1.29, 1.82) is 0 Å². The van der Waals surface area contributed by atoms with Crippen LogP contribution in [0, 0.1) is 0 Å². The van der Waals surface area contributed by atoms with E-state index in [1.165, 1.54) is 0 Å². The molecule has 1 saturated heterocycles. The molecule has 1 unspecified atom stereocenters. The lowest BCUT2D eigenvalue weighted by atomic mass is 10.1. The van der Waals surface area contributed by atoms with E-state index in [2.05, 4.69) is 5.32 Å². The summed E-state index contributed by atoms with van der Waals surface area (Å²) < 4.78 is 10.9. The first-order chi connectivity index (χ1) is 8.83. The summed E-state index contributed by atoms with van der Waals surface area (Å²) in [5, 5.41) is 3.05. The molecule has 1 fully saturated rings. The maximum Gasteiger partial charge on any atom is 0.251 e. The first kappa shape index (κ1) is 11.7. The quantitative estimate of drug-likeness (QED) is 0.884. The highest BCUT2D eigenvalue weighted by Crippen LogP contribution is 2.30. The fraction of sp³-hybridized carbons (Fsp3) is 0.462. The lowest BCUT2D eigenvalue weighted by Gasteiger charge is -2.19. The Kier molecular flexibility index (Phi) is 3.32. The molecule has 2 aliphatic heterocycles. The molecule has 0 aromatic heterocycles. The zero-order valence-corrected chi connectivity index (χ0v) is 10.8. The lowest BCUT2D eigenvalue weighted by molar-refractivity contribution is 0.0940. The van der Waals surface area contributed by atoms with E-state index in [1.54, 1.807) is 18.2 Å². The number of amides is 1. The highest BCUT2D eigenvalue weighted by Gasteiger charge is 2.20. The Bertz CT molecular complexity index is 458. The molecule has 0 saturated carbocycles. The van der Waals surface area contributed by atoms with E-state index < -0.39 is 0 Å². The van der Waals surface area contributed by atoms with Crippen LogP contribution >= 0.6 is 11.8 Å². The first-order valence-electron chi connectivity index (χ1n) is 6.11. The van der Waals surface area contributed by atoms with Gasteiger partial charge in [0.15, 0.2) is 11.5 Å². The minimum absolute atomic E-state index is 0.0283. The molecule has 0 bridgehead atoms. The van der Waals surface area contributed by atoms with Gasteiger partial charge in [0.1, 0.15) is 13.2 Å². The topological polar surface area (TPSA) is 47.6 Å². The lowest BCUT2D eigenvalue weighted by Crippen LogP contribution is -2.34. The smallest absolute Gasteiger partial charge is 0.251 e. The third-order valence-electron chi connectivity index (χ3n) is 3.07. The Morgan fingerprint density at radius 2 is 2.11 bits per heavy atom. The molecule has 2 aliphatic rings. The van der Waals surface area contributed by atoms with Crippen molar-refractivity contribution >= 4 is 17.7 Å². The van der Waals surface area contributed by atoms with E-state index in [0.29, 0.717) is 36.3 Å². The number of fused-ring (bicyclic) bond motifs is 1. The monoisotopic (exact) mass is 265 g/mol. The molecule has 2 heterocycles. The molecular weight excluding hydrogens is 250 g/mol. The fourth-order valence-electron chi connectivity index (χ4n) is 2.10. The standard InChI is InChI=1S/C13H15NO3S/c15-13(14-10-3-6-18-8-10)9-1-2-11-12(7-9)17-5-4-16-11/h1-2,7,10H,3-6,8H2,(H,14,15). The Labute approximate surface area is 110 Å². The molecule has 1 amide bonds. The molecule has 3 rings (SSSR count). The van der Waals surface area contributed by atoms with E-state index in [-0.39, 0.29) is 5.91 Å². The van der Waals surface area contributed by atoms with Crippen molar-refractivity contribution in [1.82, 2.24) is 5.32 Å². The second-order valence-corrected chi connectivity index (χ2v) is 5.54. The van der Waals surface area contributed by atoms with Crippen LogP contribution in [0.2, 0.25) is 0 Å². The molecule has 0 spiro atoms. The van der Waals surface area contributed by atoms with Gasteiger partial charge in [0.2, 0.25) is 0 Å². The number of rotatable bonds is 2. The zero-order valence-electron chi connectivity index (χ0n) is 9.98. The van der Waals surface area contributed by atoms with Gasteiger partial charge in [-0.15, -0.1) is 0 Å². The van der Waals surface area contributed by atoms with Gasteiger partial charge < -0.3 is 14.8 Å². The number of hydrogen-bond acceptors (Lipinski definition) is 4. The van der Waals surface area contributed by atoms with Crippen LogP contribution in [-0.4, -0.2) is 36.7 Å². The van der Waals surface area contributed by atoms with Crippen LogP contribution in [0.3, 0.4) is 0 Å². The molecule has 1 aromatic carbocycles. The van der Waals surface area contributed by atoms with Crippen molar-refractivity contribution in [3.05, 3.63) is 23.8 Å². The van der Waals surface area contributed by atoms with Crippen LogP contribution in [0.25, 0.3) is 0 Å². The maximum absolute atomic E-state index is 12.1. The number of benzene rings is 1. The number of ether oxygens (including phenoxy) is 2. The Balaban J connectivity index is 1.73. The maximum atomic E-state index is 12.1. The van der Waals surface area contributed by atoms with E-state index in [4.69, 9.17) is 9.47 Å². The summed E-state index contributed by atoms with van der Waals surface area (Å²) in [7, 11) is 0. The SMILES string of the molecule is O=C(NC1CCSC1)c1ccc2c(c1)OCCO2. The van der Waals surface area contributed by atoms with Gasteiger partial charge in [-0.2, -0.15) is 11.8 Å². The molecule has 18 heavy (non-hydrogen) atoms. The van der Waals surface area contributed by atoms with Gasteiger partial charge in [-0.05, 0) is 30.4 Å². The minimum Gasteiger partial charge on any atom is -0.486 e. The molecule has 0 aliphatic carbocycles. The summed E-state index contributed by atoms with van der Waals surface area (Å²) in [6.07, 6.45) is 1.06. The van der Waals surface area contributed by atoms with Gasteiger partial charge in [-0.1, -0.05) is 0 Å². The van der Waals surface area contributed by atoms with Crippen LogP contribution in [0.1, 0.15) is 16.8 Å². The summed E-state index contributed by atoms with van der Waals surface area (Å²) in [5.41, 5.74) is 0.635. The van der Waals surface area contributed by atoms with Gasteiger partial charge in [-0.25, -0.2) is 0 Å². The van der Waals surface area contributed by atoms with E-state index >= 15 is 0 Å². The predicted molar refractivity (Wildman–Crippen MR) is 70.6 cm³/mol. The predicted octanol–water partition coefficient (Wildman–Crippen LogP) is 1.69. The molecule has 1 aromatic rings. The van der Waals surface area contributed by atoms with Crippen molar-refractivity contribution in [2.75, 3.05) is 24.7 Å². The second-order valence-electron chi connectivity index (χ2n) is 4.39. The minimum atomic E-state index is -0.0283. The van der Waals surface area contributed by atoms with Crippen LogP contribution < -0.4 is 14.8 Å². The Hall–Kier alpha value is -1.36. The third-order valence-corrected chi connectivity index (χ3v) is 4.23. The van der Waals surface area contributed by atoms with Crippen LogP contribution in [0.15, 0.2) is 18.2 Å². The van der Waals surface area contributed by atoms with E-state index in [9.17, 15) is 4.79 Å². The van der Waals surface area contributed by atoms with Gasteiger partial charge >= 0.3 is 0 Å². The summed E-state index contributed by atoms with van der Waals surface area (Å²) in [6, 6.07) is 5.64. The zero-order chi connectivity index (χ0) is 12.4. The summed E-state index contributed by atoms with van der Waals surface area (Å²) in [6.45, 7) is 1.11. The van der Waals surface area contributed by atoms with E-state index in [0.717, 1.165) is 17.9 Å². The molecule has 96 valence electrons. The van der Waals surface area contributed by atoms with Gasteiger partial charge in [0, 0.05) is 17.4 Å². The van der Waals surface area contributed by atoms with Gasteiger partial charge in [0.05, 0.1) is 0 Å². The van der Waals surface area contributed by atoms with E-state index in [1.807, 2.05) is 11.8 Å². The van der Waals surface area contributed by atoms with Gasteiger partial charge in [0.25, 0.3) is 5.91 Å². The van der Waals surface area contributed by atoms with Crippen molar-refractivity contribution in [2.24, 2.45) is 0 Å². The van der Waals surface area contributed by atoms with Crippen LogP contribution in [0.4, 0.5) is 0 Å². The molecule has 0 radical (unpaired) electrons. The average molecular weight is 265 g/mol. The van der Waals surface area contributed by atoms with Crippen LogP contribution in [0.5, 0.6) is 11.5 Å². The summed E-state index contributed by atoms with van der Waals surface area (Å²) in [5.74, 6) is 3.49. The second kappa shape index (κ2) is 5.10. The highest BCUT2D eigenvalue weighted by molar-refractivity contribution is 7.99. The number of thioether (sulfide) groups is 1. The van der Waals surface area contributed by atoms with Crippen molar-refractivity contribution < 1.29 is 14.3 Å². The summed E-state index contributed by atoms with van der Waals surface area (Å²) in [4.78, 5) is 12.1.